The summed E-state index contributed by atoms with van der Waals surface area (Å²) >= 11 is 7.57. The van der Waals surface area contributed by atoms with Crippen LogP contribution in [0.2, 0.25) is 5.02 Å². The molecule has 0 saturated heterocycles. The van der Waals surface area contributed by atoms with Crippen molar-refractivity contribution in [1.82, 2.24) is 0 Å². The lowest BCUT2D eigenvalue weighted by Crippen LogP contribution is -2.14. The standard InChI is InChI=1S/C14H8ClF3INO/c15-10-4-1-8(2-5-10)13(21)20-12-7-9(14(16,17)18)3-6-11(12)19/h1-7H,(H,20,21). The number of amides is 1. The molecule has 7 heteroatoms. The first-order valence-electron chi connectivity index (χ1n) is 5.71. The van der Waals surface area contributed by atoms with Crippen LogP contribution in [-0.2, 0) is 6.18 Å². The Balaban J connectivity index is 2.26. The Morgan fingerprint density at radius 2 is 1.71 bits per heavy atom. The van der Waals surface area contributed by atoms with Crippen LogP contribution in [0.15, 0.2) is 42.5 Å². The number of alkyl halides is 3. The van der Waals surface area contributed by atoms with Crippen LogP contribution in [0.1, 0.15) is 15.9 Å². The number of benzene rings is 2. The zero-order valence-electron chi connectivity index (χ0n) is 10.3. The monoisotopic (exact) mass is 425 g/mol. The van der Waals surface area contributed by atoms with E-state index in [2.05, 4.69) is 5.32 Å². The molecule has 2 aromatic carbocycles. The largest absolute Gasteiger partial charge is 0.416 e. The van der Waals surface area contributed by atoms with Crippen LogP contribution in [0.25, 0.3) is 0 Å². The third-order valence-electron chi connectivity index (χ3n) is 2.65. The average molecular weight is 426 g/mol. The first-order chi connectivity index (χ1) is 9.77. The Labute approximate surface area is 137 Å². The van der Waals surface area contributed by atoms with E-state index in [0.717, 1.165) is 12.1 Å². The lowest BCUT2D eigenvalue weighted by atomic mass is 10.1. The topological polar surface area (TPSA) is 29.1 Å². The van der Waals surface area contributed by atoms with Crippen molar-refractivity contribution in [3.63, 3.8) is 0 Å². The zero-order chi connectivity index (χ0) is 15.6. The van der Waals surface area contributed by atoms with Crippen LogP contribution in [0.3, 0.4) is 0 Å². The van der Waals surface area contributed by atoms with Crippen molar-refractivity contribution in [3.05, 3.63) is 62.2 Å². The van der Waals surface area contributed by atoms with Crippen LogP contribution in [0.5, 0.6) is 0 Å². The molecular weight excluding hydrogens is 418 g/mol. The molecule has 21 heavy (non-hydrogen) atoms. The Morgan fingerprint density at radius 3 is 2.29 bits per heavy atom. The van der Waals surface area contributed by atoms with Gasteiger partial charge in [0.15, 0.2) is 0 Å². The van der Waals surface area contributed by atoms with E-state index in [4.69, 9.17) is 11.6 Å². The summed E-state index contributed by atoms with van der Waals surface area (Å²) in [7, 11) is 0. The van der Waals surface area contributed by atoms with Gasteiger partial charge in [-0.25, -0.2) is 0 Å². The van der Waals surface area contributed by atoms with E-state index in [9.17, 15) is 18.0 Å². The summed E-state index contributed by atoms with van der Waals surface area (Å²) in [6.45, 7) is 0. The van der Waals surface area contributed by atoms with E-state index in [1.807, 2.05) is 22.6 Å². The van der Waals surface area contributed by atoms with Crippen molar-refractivity contribution < 1.29 is 18.0 Å². The molecule has 2 nitrogen and oxygen atoms in total. The Bertz CT molecular complexity index is 671. The predicted molar refractivity (Wildman–Crippen MR) is 83.6 cm³/mol. The fourth-order valence-electron chi connectivity index (χ4n) is 1.59. The zero-order valence-corrected chi connectivity index (χ0v) is 13.3. The number of nitrogens with one attached hydrogen (secondary N) is 1. The second-order valence-corrected chi connectivity index (χ2v) is 5.75. The lowest BCUT2D eigenvalue weighted by Gasteiger charge is -2.12. The average Bonchev–Trinajstić information content (AvgIpc) is 2.40. The van der Waals surface area contributed by atoms with E-state index >= 15 is 0 Å². The smallest absolute Gasteiger partial charge is 0.321 e. The fourth-order valence-corrected chi connectivity index (χ4v) is 2.19. The highest BCUT2D eigenvalue weighted by atomic mass is 127. The van der Waals surface area contributed by atoms with Crippen molar-refractivity contribution >= 4 is 45.8 Å². The number of halogens is 5. The molecule has 0 heterocycles. The molecule has 110 valence electrons. The third-order valence-corrected chi connectivity index (χ3v) is 3.84. The van der Waals surface area contributed by atoms with Crippen molar-refractivity contribution in [2.45, 2.75) is 6.18 Å². The van der Waals surface area contributed by atoms with Gasteiger partial charge < -0.3 is 5.32 Å². The minimum Gasteiger partial charge on any atom is -0.321 e. The first-order valence-corrected chi connectivity index (χ1v) is 7.17. The van der Waals surface area contributed by atoms with Gasteiger partial charge in [0.05, 0.1) is 11.3 Å². The number of carbonyl (C=O) groups is 1. The quantitative estimate of drug-likeness (QED) is 0.657. The molecule has 0 spiro atoms. The van der Waals surface area contributed by atoms with Gasteiger partial charge in [0.2, 0.25) is 0 Å². The van der Waals surface area contributed by atoms with Gasteiger partial charge in [0.1, 0.15) is 0 Å². The summed E-state index contributed by atoms with van der Waals surface area (Å²) in [6.07, 6.45) is -4.45. The van der Waals surface area contributed by atoms with E-state index in [1.54, 1.807) is 0 Å². The summed E-state index contributed by atoms with van der Waals surface area (Å²) in [6, 6.07) is 9.26. The highest BCUT2D eigenvalue weighted by molar-refractivity contribution is 14.1. The highest BCUT2D eigenvalue weighted by Gasteiger charge is 2.31. The predicted octanol–water partition coefficient (Wildman–Crippen LogP) is 5.22. The molecule has 0 bridgehead atoms. The SMILES string of the molecule is O=C(Nc1cc(C(F)(F)F)ccc1I)c1ccc(Cl)cc1. The molecule has 0 aromatic heterocycles. The molecule has 1 N–H and O–H groups in total. The molecule has 2 rings (SSSR count). The number of anilines is 1. The maximum Gasteiger partial charge on any atom is 0.416 e. The van der Waals surface area contributed by atoms with Crippen LogP contribution < -0.4 is 5.32 Å². The third kappa shape index (κ3) is 4.10. The Morgan fingerprint density at radius 1 is 1.10 bits per heavy atom. The van der Waals surface area contributed by atoms with Gasteiger partial charge in [0, 0.05) is 14.2 Å². The molecule has 0 fully saturated rings. The minimum absolute atomic E-state index is 0.116. The van der Waals surface area contributed by atoms with Crippen LogP contribution in [0.4, 0.5) is 18.9 Å². The molecule has 0 aliphatic carbocycles. The Hall–Kier alpha value is -1.28. The number of hydrogen-bond acceptors (Lipinski definition) is 1. The van der Waals surface area contributed by atoms with E-state index in [0.29, 0.717) is 14.2 Å². The number of hydrogen-bond donors (Lipinski definition) is 1. The number of carbonyl (C=O) groups excluding carboxylic acids is 1. The molecule has 0 aliphatic rings. The molecule has 0 atom stereocenters. The van der Waals surface area contributed by atoms with Gasteiger partial charge in [-0.1, -0.05) is 11.6 Å². The molecule has 2 aromatic rings. The molecular formula is C14H8ClF3INO. The van der Waals surface area contributed by atoms with Gasteiger partial charge in [-0.3, -0.25) is 4.79 Å². The van der Waals surface area contributed by atoms with Crippen molar-refractivity contribution in [3.8, 4) is 0 Å². The van der Waals surface area contributed by atoms with Gasteiger partial charge in [-0.2, -0.15) is 13.2 Å². The molecule has 1 amide bonds. The van der Waals surface area contributed by atoms with Crippen LogP contribution in [-0.4, -0.2) is 5.91 Å². The number of rotatable bonds is 2. The van der Waals surface area contributed by atoms with Crippen LogP contribution >= 0.6 is 34.2 Å². The normalized spacial score (nSPS) is 11.3. The molecule has 0 aliphatic heterocycles. The van der Waals surface area contributed by atoms with Gasteiger partial charge in [-0.15, -0.1) is 0 Å². The molecule has 0 saturated carbocycles. The van der Waals surface area contributed by atoms with Crippen molar-refractivity contribution in [2.24, 2.45) is 0 Å². The van der Waals surface area contributed by atoms with Crippen molar-refractivity contribution in [1.29, 1.82) is 0 Å². The van der Waals surface area contributed by atoms with Gasteiger partial charge in [-0.05, 0) is 65.1 Å². The van der Waals surface area contributed by atoms with E-state index in [1.165, 1.54) is 30.3 Å². The second-order valence-electron chi connectivity index (χ2n) is 4.15. The van der Waals surface area contributed by atoms with Crippen molar-refractivity contribution in [2.75, 3.05) is 5.32 Å². The summed E-state index contributed by atoms with van der Waals surface area (Å²) in [5, 5.41) is 2.94. The molecule has 0 unspecified atom stereocenters. The van der Waals surface area contributed by atoms with E-state index in [-0.39, 0.29) is 5.69 Å². The maximum atomic E-state index is 12.7. The fraction of sp³-hybridized carbons (Fsp3) is 0.0714. The summed E-state index contributed by atoms with van der Waals surface area (Å²) in [5.74, 6) is -0.496. The second kappa shape index (κ2) is 6.23. The summed E-state index contributed by atoms with van der Waals surface area (Å²) in [5.41, 5.74) is -0.382. The van der Waals surface area contributed by atoms with Crippen LogP contribution in [0, 0.1) is 3.57 Å². The van der Waals surface area contributed by atoms with E-state index < -0.39 is 17.6 Å². The van der Waals surface area contributed by atoms with Gasteiger partial charge >= 0.3 is 6.18 Å². The first kappa shape index (κ1) is 16.1. The summed E-state index contributed by atoms with van der Waals surface area (Å²) in [4.78, 5) is 12.0. The lowest BCUT2D eigenvalue weighted by molar-refractivity contribution is -0.137. The van der Waals surface area contributed by atoms with Gasteiger partial charge in [0.25, 0.3) is 5.91 Å². The summed E-state index contributed by atoms with van der Waals surface area (Å²) < 4.78 is 38.5. The Kier molecular flexibility index (Phi) is 4.77. The maximum absolute atomic E-state index is 12.7. The molecule has 0 radical (unpaired) electrons. The highest BCUT2D eigenvalue weighted by Crippen LogP contribution is 2.32. The minimum atomic E-state index is -4.45.